The molecule has 11 nitrogen and oxygen atoms in total. The summed E-state index contributed by atoms with van der Waals surface area (Å²) in [5, 5.41) is 37.8. The second-order valence-electron chi connectivity index (χ2n) is 13.0. The summed E-state index contributed by atoms with van der Waals surface area (Å²) in [5.74, 6) is -0.537. The highest BCUT2D eigenvalue weighted by Gasteiger charge is 2.08. The van der Waals surface area contributed by atoms with Gasteiger partial charge >= 0.3 is 11.9 Å². The Bertz CT molecular complexity index is 1170. The maximum Gasteiger partial charge on any atom is 0.311 e. The molecule has 288 valence electrons. The average molecular weight is 717 g/mol. The fraction of sp³-hybridized carbons (Fsp3) is 0.650. The molecule has 2 rings (SSSR count). The summed E-state index contributed by atoms with van der Waals surface area (Å²) in [4.78, 5) is 41.6. The Morgan fingerprint density at radius 1 is 0.529 bits per heavy atom. The predicted molar refractivity (Wildman–Crippen MR) is 203 cm³/mol. The molecule has 0 heterocycles. The number of esters is 1. The number of nitrogens with zero attached hydrogens (tertiary/aromatic N) is 2. The normalized spacial score (nSPS) is 10.3. The number of unbranched alkanes of at least 4 members (excludes halogenated alkanes) is 20. The van der Waals surface area contributed by atoms with Crippen molar-refractivity contribution in [3.05, 3.63) is 68.8 Å². The number of ether oxygens (including phenoxy) is 1. The van der Waals surface area contributed by atoms with E-state index in [1.54, 1.807) is 0 Å². The summed E-state index contributed by atoms with van der Waals surface area (Å²) in [6.45, 7) is 4.48. The molecule has 2 aromatic rings. The smallest absolute Gasteiger partial charge is 0.311 e. The minimum absolute atomic E-state index is 0.00911. The number of carbonyl (C=O) groups excluding carboxylic acids is 1. The van der Waals surface area contributed by atoms with Crippen LogP contribution in [0, 0.1) is 20.2 Å². The number of aromatic hydroxyl groups is 1. The van der Waals surface area contributed by atoms with E-state index in [9.17, 15) is 29.8 Å². The number of hydrogen-bond acceptors (Lipinski definition) is 8. The standard InChI is InChI=1S/C20H31NO4.C14H28O2.C6H5NO3/c1-2-3-4-5-6-7-8-9-10-11-12-13-20(22)25-19-16-14-18(15-17-19)21(23)24;1-2-3-4-5-6-7-8-9-10-11-12-13-14(15)16;8-6-3-1-5(2-4-6)7(9)10/h14-17H,2-13H2,1H3;2-13H2,1H3,(H,15,16);1-4,8H. The molecule has 0 amide bonds. The Kier molecular flexibility index (Phi) is 30.5. The molecule has 0 fully saturated rings. The van der Waals surface area contributed by atoms with E-state index in [0.29, 0.717) is 18.6 Å². The van der Waals surface area contributed by atoms with Gasteiger partial charge in [0, 0.05) is 37.1 Å². The van der Waals surface area contributed by atoms with Gasteiger partial charge in [0.2, 0.25) is 0 Å². The van der Waals surface area contributed by atoms with Crippen molar-refractivity contribution in [1.82, 2.24) is 0 Å². The lowest BCUT2D eigenvalue weighted by Gasteiger charge is -2.04. The van der Waals surface area contributed by atoms with Gasteiger partial charge in [0.05, 0.1) is 9.85 Å². The number of rotatable bonds is 27. The number of non-ortho nitro benzene ring substituents is 2. The number of phenols is 1. The van der Waals surface area contributed by atoms with Gasteiger partial charge in [-0.05, 0) is 37.1 Å². The number of nitro groups is 2. The Hall–Kier alpha value is -4.02. The Morgan fingerprint density at radius 2 is 0.843 bits per heavy atom. The summed E-state index contributed by atoms with van der Waals surface area (Å²) < 4.78 is 5.18. The van der Waals surface area contributed by atoms with Crippen LogP contribution in [0.2, 0.25) is 0 Å². The molecule has 0 aliphatic heterocycles. The SMILES string of the molecule is CCCCCCCCCCCCCC(=O)O.CCCCCCCCCCCCCC(=O)Oc1ccc([N+](=O)[O-])cc1.O=[N+]([O-])c1ccc(O)cc1. The lowest BCUT2D eigenvalue weighted by molar-refractivity contribution is -0.385. The van der Waals surface area contributed by atoms with E-state index in [4.69, 9.17) is 14.9 Å². The molecule has 0 spiro atoms. The number of hydrogen-bond donors (Lipinski definition) is 2. The van der Waals surface area contributed by atoms with Crippen LogP contribution in [0.3, 0.4) is 0 Å². The summed E-state index contributed by atoms with van der Waals surface area (Å²) in [6, 6.07) is 10.6. The zero-order chi connectivity index (χ0) is 38.0. The molecule has 2 aromatic carbocycles. The third-order valence-electron chi connectivity index (χ3n) is 8.32. The molecule has 0 atom stereocenters. The fourth-order valence-corrected chi connectivity index (χ4v) is 5.27. The molecule has 51 heavy (non-hydrogen) atoms. The predicted octanol–water partition coefficient (Wildman–Crippen LogP) is 12.3. The van der Waals surface area contributed by atoms with Gasteiger partial charge in [-0.15, -0.1) is 0 Å². The van der Waals surface area contributed by atoms with E-state index in [-0.39, 0.29) is 23.1 Å². The van der Waals surface area contributed by atoms with Gasteiger partial charge in [-0.3, -0.25) is 29.8 Å². The summed E-state index contributed by atoms with van der Waals surface area (Å²) >= 11 is 0. The van der Waals surface area contributed by atoms with E-state index < -0.39 is 15.8 Å². The molecule has 0 radical (unpaired) electrons. The Balaban J connectivity index is 0.000000817. The number of aliphatic carboxylic acids is 1. The lowest BCUT2D eigenvalue weighted by Crippen LogP contribution is -2.07. The number of nitro benzene ring substituents is 2. The van der Waals surface area contributed by atoms with Crippen molar-refractivity contribution in [2.45, 2.75) is 168 Å². The second-order valence-corrected chi connectivity index (χ2v) is 13.0. The Morgan fingerprint density at radius 3 is 1.18 bits per heavy atom. The third-order valence-corrected chi connectivity index (χ3v) is 8.32. The quantitative estimate of drug-likeness (QED) is 0.0300. The van der Waals surface area contributed by atoms with Crippen molar-refractivity contribution < 1.29 is 34.4 Å². The molecule has 0 aliphatic carbocycles. The first-order valence-electron chi connectivity index (χ1n) is 19.2. The zero-order valence-electron chi connectivity index (χ0n) is 31.2. The van der Waals surface area contributed by atoms with Crippen LogP contribution in [0.25, 0.3) is 0 Å². The number of carbonyl (C=O) groups is 2. The van der Waals surface area contributed by atoms with Crippen LogP contribution in [-0.4, -0.2) is 32.0 Å². The van der Waals surface area contributed by atoms with Gasteiger partial charge in [0.15, 0.2) is 0 Å². The van der Waals surface area contributed by atoms with Gasteiger partial charge in [-0.25, -0.2) is 0 Å². The molecule has 0 saturated carbocycles. The number of carboxylic acids is 1. The van der Waals surface area contributed by atoms with Crippen LogP contribution >= 0.6 is 0 Å². The molecule has 0 saturated heterocycles. The molecule has 0 aromatic heterocycles. The molecular formula is C40H64N2O9. The first-order chi connectivity index (χ1) is 24.6. The molecule has 0 bridgehead atoms. The number of carboxylic acid groups (broad SMARTS) is 1. The van der Waals surface area contributed by atoms with Crippen molar-refractivity contribution in [1.29, 1.82) is 0 Å². The summed E-state index contributed by atoms with van der Waals surface area (Å²) in [6.07, 6.45) is 28.4. The van der Waals surface area contributed by atoms with Crippen LogP contribution < -0.4 is 4.74 Å². The van der Waals surface area contributed by atoms with Gasteiger partial charge in [-0.2, -0.15) is 0 Å². The summed E-state index contributed by atoms with van der Waals surface area (Å²) in [5.41, 5.74) is -0.0250. The highest BCUT2D eigenvalue weighted by Crippen LogP contribution is 2.19. The first-order valence-corrected chi connectivity index (χ1v) is 19.2. The van der Waals surface area contributed by atoms with Crippen molar-refractivity contribution in [3.8, 4) is 11.5 Å². The summed E-state index contributed by atoms with van der Waals surface area (Å²) in [7, 11) is 0. The molecule has 11 heteroatoms. The highest BCUT2D eigenvalue weighted by molar-refractivity contribution is 5.72. The lowest BCUT2D eigenvalue weighted by atomic mass is 10.1. The van der Waals surface area contributed by atoms with Gasteiger partial charge in [0.25, 0.3) is 11.4 Å². The van der Waals surface area contributed by atoms with Crippen LogP contribution in [0.4, 0.5) is 11.4 Å². The van der Waals surface area contributed by atoms with Crippen molar-refractivity contribution in [2.75, 3.05) is 0 Å². The van der Waals surface area contributed by atoms with E-state index >= 15 is 0 Å². The maximum atomic E-state index is 11.7. The molecule has 0 aliphatic rings. The van der Waals surface area contributed by atoms with Gasteiger partial charge in [-0.1, -0.05) is 142 Å². The minimum Gasteiger partial charge on any atom is -0.508 e. The largest absolute Gasteiger partial charge is 0.508 e. The van der Waals surface area contributed by atoms with Crippen molar-refractivity contribution >= 4 is 23.3 Å². The first kappa shape index (κ1) is 47.0. The maximum absolute atomic E-state index is 11.7. The van der Waals surface area contributed by atoms with E-state index in [1.165, 1.54) is 164 Å². The van der Waals surface area contributed by atoms with Crippen molar-refractivity contribution in [2.24, 2.45) is 0 Å². The second kappa shape index (κ2) is 33.1. The van der Waals surface area contributed by atoms with E-state index in [2.05, 4.69) is 13.8 Å². The van der Waals surface area contributed by atoms with Gasteiger partial charge in [0.1, 0.15) is 11.5 Å². The molecule has 0 unspecified atom stereocenters. The monoisotopic (exact) mass is 716 g/mol. The average Bonchev–Trinajstić information content (AvgIpc) is 3.10. The van der Waals surface area contributed by atoms with Crippen LogP contribution in [-0.2, 0) is 9.59 Å². The zero-order valence-corrected chi connectivity index (χ0v) is 31.2. The van der Waals surface area contributed by atoms with Gasteiger partial charge < -0.3 is 14.9 Å². The topological polar surface area (TPSA) is 170 Å². The minimum atomic E-state index is -0.657. The molecule has 2 N–H and O–H groups in total. The number of phenolic OH excluding ortho intramolecular Hbond substituents is 1. The van der Waals surface area contributed by atoms with Crippen LogP contribution in [0.1, 0.15) is 168 Å². The Labute approximate surface area is 305 Å². The van der Waals surface area contributed by atoms with E-state index in [1.807, 2.05) is 0 Å². The van der Waals surface area contributed by atoms with Crippen LogP contribution in [0.15, 0.2) is 48.5 Å². The fourth-order valence-electron chi connectivity index (χ4n) is 5.27. The van der Waals surface area contributed by atoms with E-state index in [0.717, 1.165) is 25.7 Å². The highest BCUT2D eigenvalue weighted by atomic mass is 16.6. The number of benzene rings is 2. The molecular weight excluding hydrogens is 652 g/mol. The van der Waals surface area contributed by atoms with Crippen molar-refractivity contribution in [3.63, 3.8) is 0 Å². The third kappa shape index (κ3) is 30.5. The van der Waals surface area contributed by atoms with Crippen LogP contribution in [0.5, 0.6) is 11.5 Å².